The smallest absolute Gasteiger partial charge is 0.191 e. The Kier molecular flexibility index (Phi) is 9.58. The fraction of sp³-hybridized carbons (Fsp3) is 0.682. The summed E-state index contributed by atoms with van der Waals surface area (Å²) >= 11 is 1.87. The Balaban J connectivity index is 0.00000272. The van der Waals surface area contributed by atoms with E-state index in [4.69, 9.17) is 4.99 Å². The third kappa shape index (κ3) is 6.19. The van der Waals surface area contributed by atoms with Crippen molar-refractivity contribution < 1.29 is 0 Å². The average Bonchev–Trinajstić information content (AvgIpc) is 3.35. The van der Waals surface area contributed by atoms with Crippen LogP contribution < -0.4 is 10.6 Å². The molecule has 0 radical (unpaired) electrons. The highest BCUT2D eigenvalue weighted by Gasteiger charge is 2.31. The van der Waals surface area contributed by atoms with E-state index in [9.17, 15) is 0 Å². The molecular formula is C22H36IN7S. The first-order valence-electron chi connectivity index (χ1n) is 11.4. The summed E-state index contributed by atoms with van der Waals surface area (Å²) in [4.78, 5) is 8.83. The van der Waals surface area contributed by atoms with Crippen LogP contribution in [0.25, 0.3) is 0 Å². The number of likely N-dealkylation sites (tertiary alicyclic amines) is 1. The summed E-state index contributed by atoms with van der Waals surface area (Å²) in [7, 11) is 2.26. The van der Waals surface area contributed by atoms with Crippen LogP contribution in [0, 0.1) is 5.92 Å². The number of aliphatic imine (C=N–C) groups is 1. The third-order valence-electron chi connectivity index (χ3n) is 6.28. The maximum atomic E-state index is 4.85. The van der Waals surface area contributed by atoms with Crippen molar-refractivity contribution in [1.82, 2.24) is 30.3 Å². The molecule has 4 rings (SSSR count). The lowest BCUT2D eigenvalue weighted by molar-refractivity contribution is 0.125. The topological polar surface area (TPSA) is 70.4 Å². The summed E-state index contributed by atoms with van der Waals surface area (Å²) in [5, 5.41) is 18.0. The van der Waals surface area contributed by atoms with E-state index in [1.54, 1.807) is 0 Å². The number of hydrogen-bond acceptors (Lipinski definition) is 5. The second-order valence-corrected chi connectivity index (χ2v) is 9.39. The van der Waals surface area contributed by atoms with Crippen LogP contribution in [0.4, 0.5) is 0 Å². The minimum Gasteiger partial charge on any atom is -0.357 e. The lowest BCUT2D eigenvalue weighted by Gasteiger charge is -2.39. The molecule has 2 N–H and O–H groups in total. The van der Waals surface area contributed by atoms with Crippen molar-refractivity contribution in [3.8, 4) is 0 Å². The van der Waals surface area contributed by atoms with Crippen LogP contribution in [0.3, 0.4) is 0 Å². The second-order valence-electron chi connectivity index (χ2n) is 8.41. The summed E-state index contributed by atoms with van der Waals surface area (Å²) in [5.74, 6) is 3.56. The number of nitrogens with zero attached hydrogens (tertiary/aromatic N) is 5. The lowest BCUT2D eigenvalue weighted by atomic mass is 9.88. The van der Waals surface area contributed by atoms with Gasteiger partial charge in [-0.2, -0.15) is 0 Å². The van der Waals surface area contributed by atoms with Crippen LogP contribution in [0.15, 0.2) is 22.5 Å². The molecular weight excluding hydrogens is 521 g/mol. The largest absolute Gasteiger partial charge is 0.357 e. The number of fused-ring (bicyclic) bond motifs is 1. The molecule has 2 aromatic heterocycles. The quantitative estimate of drug-likeness (QED) is 0.321. The van der Waals surface area contributed by atoms with Crippen LogP contribution in [0.2, 0.25) is 0 Å². The Morgan fingerprint density at radius 1 is 1.19 bits per heavy atom. The highest BCUT2D eigenvalue weighted by atomic mass is 127. The van der Waals surface area contributed by atoms with Gasteiger partial charge in [0.2, 0.25) is 0 Å². The molecule has 2 aliphatic rings. The molecule has 2 unspecified atom stereocenters. The fourth-order valence-electron chi connectivity index (χ4n) is 4.76. The third-order valence-corrected chi connectivity index (χ3v) is 7.23. The predicted octanol–water partition coefficient (Wildman–Crippen LogP) is 3.82. The predicted molar refractivity (Wildman–Crippen MR) is 138 cm³/mol. The van der Waals surface area contributed by atoms with Crippen LogP contribution in [-0.4, -0.2) is 52.3 Å². The number of piperidine rings is 1. The second kappa shape index (κ2) is 12.2. The highest BCUT2D eigenvalue weighted by molar-refractivity contribution is 14.0. The molecule has 0 aliphatic carbocycles. The minimum atomic E-state index is 0. The Labute approximate surface area is 207 Å². The van der Waals surface area contributed by atoms with E-state index in [-0.39, 0.29) is 24.0 Å². The lowest BCUT2D eigenvalue weighted by Crippen LogP contribution is -2.44. The van der Waals surface area contributed by atoms with Crippen molar-refractivity contribution in [1.29, 1.82) is 0 Å². The Bertz CT molecular complexity index is 820. The van der Waals surface area contributed by atoms with Gasteiger partial charge in [-0.05, 0) is 63.6 Å². The van der Waals surface area contributed by atoms with Crippen molar-refractivity contribution in [3.05, 3.63) is 34.0 Å². The zero-order valence-electron chi connectivity index (χ0n) is 18.7. The number of guanidine groups is 1. The first-order chi connectivity index (χ1) is 14.8. The molecule has 0 aromatic carbocycles. The molecule has 4 heterocycles. The van der Waals surface area contributed by atoms with E-state index in [2.05, 4.69) is 61.8 Å². The van der Waals surface area contributed by atoms with Gasteiger partial charge in [0.15, 0.2) is 11.8 Å². The van der Waals surface area contributed by atoms with Gasteiger partial charge in [0, 0.05) is 37.0 Å². The van der Waals surface area contributed by atoms with Crippen LogP contribution in [0.5, 0.6) is 0 Å². The Hall–Kier alpha value is -1.20. The van der Waals surface area contributed by atoms with Gasteiger partial charge in [0.1, 0.15) is 12.4 Å². The van der Waals surface area contributed by atoms with Crippen LogP contribution in [-0.2, 0) is 19.5 Å². The molecule has 172 valence electrons. The molecule has 7 nitrogen and oxygen atoms in total. The van der Waals surface area contributed by atoms with Crippen LogP contribution in [0.1, 0.15) is 61.6 Å². The summed E-state index contributed by atoms with van der Waals surface area (Å²) in [6.07, 6.45) is 7.24. The van der Waals surface area contributed by atoms with Gasteiger partial charge >= 0.3 is 0 Å². The Morgan fingerprint density at radius 3 is 2.90 bits per heavy atom. The molecule has 9 heteroatoms. The molecule has 1 saturated heterocycles. The van der Waals surface area contributed by atoms with Gasteiger partial charge < -0.3 is 15.2 Å². The number of hydrogen-bond donors (Lipinski definition) is 2. The fourth-order valence-corrected chi connectivity index (χ4v) is 5.75. The van der Waals surface area contributed by atoms with Crippen molar-refractivity contribution in [3.63, 3.8) is 0 Å². The summed E-state index contributed by atoms with van der Waals surface area (Å²) < 4.78 is 2.28. The van der Waals surface area contributed by atoms with Crippen molar-refractivity contribution in [2.45, 2.75) is 64.6 Å². The zero-order valence-corrected chi connectivity index (χ0v) is 21.9. The van der Waals surface area contributed by atoms with Crippen LogP contribution >= 0.6 is 35.3 Å². The van der Waals surface area contributed by atoms with Gasteiger partial charge in [-0.3, -0.25) is 4.90 Å². The SMILES string of the molecule is CCNC(=NCc1nnc2n1CCCCC2)NCC1CCCN(C)C1c1cccs1.I. The number of aryl methyl sites for hydroxylation is 1. The first-order valence-corrected chi connectivity index (χ1v) is 12.3. The van der Waals surface area contributed by atoms with E-state index in [0.717, 1.165) is 43.7 Å². The summed E-state index contributed by atoms with van der Waals surface area (Å²) in [5.41, 5.74) is 0. The van der Waals surface area contributed by atoms with Gasteiger partial charge in [0.05, 0.1) is 0 Å². The summed E-state index contributed by atoms with van der Waals surface area (Å²) in [6.45, 7) is 6.66. The standard InChI is InChI=1S/C22H35N7S.HI/c1-3-23-22(25-16-20-27-26-19-11-5-4-6-13-29(19)20)24-15-17-9-7-12-28(2)21(17)18-10-8-14-30-18;/h8,10,14,17,21H,3-7,9,11-13,15-16H2,1-2H3,(H2,23,24,25);1H. The number of thiophene rings is 1. The van der Waals surface area contributed by atoms with Crippen molar-refractivity contribution in [2.24, 2.45) is 10.9 Å². The minimum absolute atomic E-state index is 0. The Morgan fingerprint density at radius 2 is 2.10 bits per heavy atom. The number of aromatic nitrogens is 3. The molecule has 0 spiro atoms. The molecule has 31 heavy (non-hydrogen) atoms. The van der Waals surface area contributed by atoms with Gasteiger partial charge in [-0.25, -0.2) is 4.99 Å². The van der Waals surface area contributed by atoms with E-state index in [0.29, 0.717) is 18.5 Å². The molecule has 2 aliphatic heterocycles. The molecule has 2 aromatic rings. The maximum absolute atomic E-state index is 4.85. The molecule has 0 bridgehead atoms. The van der Waals surface area contributed by atoms with E-state index in [1.165, 1.54) is 43.5 Å². The molecule has 1 fully saturated rings. The normalized spacial score (nSPS) is 22.3. The van der Waals surface area contributed by atoms with E-state index in [1.807, 2.05) is 11.3 Å². The van der Waals surface area contributed by atoms with Crippen molar-refractivity contribution in [2.75, 3.05) is 26.7 Å². The number of nitrogens with one attached hydrogen (secondary N) is 2. The van der Waals surface area contributed by atoms with Crippen molar-refractivity contribution >= 4 is 41.3 Å². The van der Waals surface area contributed by atoms with E-state index >= 15 is 0 Å². The number of rotatable bonds is 6. The molecule has 0 amide bonds. The summed E-state index contributed by atoms with van der Waals surface area (Å²) in [6, 6.07) is 4.93. The average molecular weight is 558 g/mol. The monoisotopic (exact) mass is 557 g/mol. The number of halogens is 1. The van der Waals surface area contributed by atoms with E-state index < -0.39 is 0 Å². The zero-order chi connectivity index (χ0) is 20.8. The molecule has 0 saturated carbocycles. The van der Waals surface area contributed by atoms with Gasteiger partial charge in [0.25, 0.3) is 0 Å². The first kappa shape index (κ1) is 24.4. The van der Waals surface area contributed by atoms with Gasteiger partial charge in [-0.15, -0.1) is 45.5 Å². The molecule has 2 atom stereocenters. The highest BCUT2D eigenvalue weighted by Crippen LogP contribution is 2.36. The van der Waals surface area contributed by atoms with Gasteiger partial charge in [-0.1, -0.05) is 12.5 Å². The maximum Gasteiger partial charge on any atom is 0.191 e.